The van der Waals surface area contributed by atoms with Gasteiger partial charge in [0, 0.05) is 39.3 Å². The zero-order valence-corrected chi connectivity index (χ0v) is 17.6. The molecule has 0 saturated carbocycles. The van der Waals surface area contributed by atoms with Crippen molar-refractivity contribution in [2.45, 2.75) is 46.1 Å². The molecule has 136 valence electrons. The lowest BCUT2D eigenvalue weighted by atomic mass is 10.0. The number of halogens is 1. The average molecular weight is 438 g/mol. The van der Waals surface area contributed by atoms with Crippen LogP contribution in [0.25, 0.3) is 0 Å². The molecule has 0 aromatic carbocycles. The van der Waals surface area contributed by atoms with Gasteiger partial charge in [-0.15, -0.1) is 24.0 Å². The van der Waals surface area contributed by atoms with E-state index in [2.05, 4.69) is 42.8 Å². The fourth-order valence-electron chi connectivity index (χ4n) is 3.41. The molecule has 2 heterocycles. The van der Waals surface area contributed by atoms with E-state index < -0.39 is 0 Å². The van der Waals surface area contributed by atoms with Crippen molar-refractivity contribution in [3.63, 3.8) is 0 Å². The topological polar surface area (TPSA) is 40.1 Å². The van der Waals surface area contributed by atoms with Gasteiger partial charge >= 0.3 is 0 Å². The summed E-state index contributed by atoms with van der Waals surface area (Å²) in [6.45, 7) is 16.8. The number of nitrogens with one attached hydrogen (secondary N) is 1. The Kier molecular flexibility index (Phi) is 9.15. The van der Waals surface area contributed by atoms with Gasteiger partial charge in [0.15, 0.2) is 5.96 Å². The standard InChI is InChI=1S/C17H34N4O.HI/c1-5-18-16(21-9-6-7-15(2)13-21)19-8-10-20-11-12-22-17(3,4)14-20;/h15H,5-14H2,1-4H3,(H,18,19);1H. The van der Waals surface area contributed by atoms with E-state index in [1.807, 2.05) is 0 Å². The summed E-state index contributed by atoms with van der Waals surface area (Å²) in [7, 11) is 0. The summed E-state index contributed by atoms with van der Waals surface area (Å²) in [5.74, 6) is 1.87. The SMILES string of the molecule is CCNC(=NCCN1CCOC(C)(C)C1)N1CCCC(C)C1.I. The van der Waals surface area contributed by atoms with Crippen LogP contribution in [0.3, 0.4) is 0 Å². The summed E-state index contributed by atoms with van der Waals surface area (Å²) < 4.78 is 5.77. The predicted octanol–water partition coefficient (Wildman–Crippen LogP) is 2.41. The zero-order valence-electron chi connectivity index (χ0n) is 15.3. The second-order valence-electron chi connectivity index (χ2n) is 7.31. The van der Waals surface area contributed by atoms with E-state index >= 15 is 0 Å². The molecule has 2 saturated heterocycles. The van der Waals surface area contributed by atoms with Crippen LogP contribution in [-0.2, 0) is 4.74 Å². The van der Waals surface area contributed by atoms with E-state index in [1.165, 1.54) is 12.8 Å². The van der Waals surface area contributed by atoms with Crippen molar-refractivity contribution in [3.05, 3.63) is 0 Å². The highest BCUT2D eigenvalue weighted by atomic mass is 127. The number of likely N-dealkylation sites (tertiary alicyclic amines) is 1. The van der Waals surface area contributed by atoms with Gasteiger partial charge in [0.25, 0.3) is 0 Å². The molecule has 1 N–H and O–H groups in total. The molecule has 2 aliphatic rings. The summed E-state index contributed by atoms with van der Waals surface area (Å²) in [5.41, 5.74) is -0.0191. The quantitative estimate of drug-likeness (QED) is 0.416. The summed E-state index contributed by atoms with van der Waals surface area (Å²) >= 11 is 0. The third-order valence-corrected chi connectivity index (χ3v) is 4.47. The molecule has 2 rings (SSSR count). The maximum atomic E-state index is 5.77. The molecular formula is C17H35IN4O. The lowest BCUT2D eigenvalue weighted by Crippen LogP contribution is -2.49. The van der Waals surface area contributed by atoms with Crippen molar-refractivity contribution in [2.75, 3.05) is 52.4 Å². The number of rotatable bonds is 4. The van der Waals surface area contributed by atoms with E-state index in [0.29, 0.717) is 0 Å². The van der Waals surface area contributed by atoms with Gasteiger partial charge in [-0.25, -0.2) is 0 Å². The Balaban J connectivity index is 0.00000264. The highest BCUT2D eigenvalue weighted by Gasteiger charge is 2.26. The van der Waals surface area contributed by atoms with Crippen molar-refractivity contribution in [3.8, 4) is 0 Å². The molecule has 0 aromatic rings. The molecule has 1 atom stereocenters. The molecule has 2 aliphatic heterocycles. The molecule has 0 aliphatic carbocycles. The maximum absolute atomic E-state index is 5.77. The van der Waals surface area contributed by atoms with E-state index in [-0.39, 0.29) is 29.6 Å². The highest BCUT2D eigenvalue weighted by Crippen LogP contribution is 2.17. The first-order valence-electron chi connectivity index (χ1n) is 8.90. The van der Waals surface area contributed by atoms with Crippen molar-refractivity contribution in [1.82, 2.24) is 15.1 Å². The van der Waals surface area contributed by atoms with Crippen molar-refractivity contribution in [1.29, 1.82) is 0 Å². The third-order valence-electron chi connectivity index (χ3n) is 4.47. The molecule has 0 aromatic heterocycles. The van der Waals surface area contributed by atoms with Crippen LogP contribution >= 0.6 is 24.0 Å². The summed E-state index contributed by atoms with van der Waals surface area (Å²) in [6, 6.07) is 0. The largest absolute Gasteiger partial charge is 0.373 e. The van der Waals surface area contributed by atoms with Crippen LogP contribution in [0.4, 0.5) is 0 Å². The van der Waals surface area contributed by atoms with Crippen molar-refractivity contribution < 1.29 is 4.74 Å². The first-order chi connectivity index (χ1) is 10.5. The molecule has 0 bridgehead atoms. The molecule has 0 radical (unpaired) electrons. The van der Waals surface area contributed by atoms with E-state index in [0.717, 1.165) is 64.3 Å². The second-order valence-corrected chi connectivity index (χ2v) is 7.31. The van der Waals surface area contributed by atoms with E-state index in [4.69, 9.17) is 9.73 Å². The Labute approximate surface area is 159 Å². The van der Waals surface area contributed by atoms with Gasteiger partial charge in [-0.1, -0.05) is 6.92 Å². The number of nitrogens with zero attached hydrogens (tertiary/aromatic N) is 3. The highest BCUT2D eigenvalue weighted by molar-refractivity contribution is 14.0. The van der Waals surface area contributed by atoms with Gasteiger partial charge < -0.3 is 15.0 Å². The minimum atomic E-state index is -0.0191. The first-order valence-corrected chi connectivity index (χ1v) is 8.90. The Morgan fingerprint density at radius 2 is 2.13 bits per heavy atom. The van der Waals surface area contributed by atoms with E-state index in [9.17, 15) is 0 Å². The summed E-state index contributed by atoms with van der Waals surface area (Å²) in [5, 5.41) is 3.46. The van der Waals surface area contributed by atoms with Crippen LogP contribution in [0.15, 0.2) is 4.99 Å². The van der Waals surface area contributed by atoms with E-state index in [1.54, 1.807) is 0 Å². The first kappa shape index (κ1) is 21.0. The van der Waals surface area contributed by atoms with Crippen LogP contribution in [0.1, 0.15) is 40.5 Å². The number of hydrogen-bond acceptors (Lipinski definition) is 3. The Morgan fingerprint density at radius 3 is 2.78 bits per heavy atom. The Morgan fingerprint density at radius 1 is 1.35 bits per heavy atom. The van der Waals surface area contributed by atoms with Gasteiger partial charge in [-0.2, -0.15) is 0 Å². The third kappa shape index (κ3) is 7.13. The van der Waals surface area contributed by atoms with Crippen LogP contribution in [0, 0.1) is 5.92 Å². The summed E-state index contributed by atoms with van der Waals surface area (Å²) in [4.78, 5) is 9.76. The molecule has 6 heteroatoms. The van der Waals surface area contributed by atoms with Gasteiger partial charge in [0.1, 0.15) is 0 Å². The minimum Gasteiger partial charge on any atom is -0.373 e. The lowest BCUT2D eigenvalue weighted by molar-refractivity contribution is -0.0850. The number of ether oxygens (including phenoxy) is 1. The van der Waals surface area contributed by atoms with Crippen molar-refractivity contribution >= 4 is 29.9 Å². The van der Waals surface area contributed by atoms with Crippen LogP contribution < -0.4 is 5.32 Å². The average Bonchev–Trinajstić information content (AvgIpc) is 2.45. The van der Waals surface area contributed by atoms with Crippen LogP contribution in [0.5, 0.6) is 0 Å². The number of piperidine rings is 1. The molecule has 1 unspecified atom stereocenters. The van der Waals surface area contributed by atoms with Gasteiger partial charge in [-0.05, 0) is 39.5 Å². The number of hydrogen-bond donors (Lipinski definition) is 1. The fraction of sp³-hybridized carbons (Fsp3) is 0.941. The van der Waals surface area contributed by atoms with Crippen molar-refractivity contribution in [2.24, 2.45) is 10.9 Å². The minimum absolute atomic E-state index is 0. The molecule has 23 heavy (non-hydrogen) atoms. The normalized spacial score (nSPS) is 25.8. The van der Waals surface area contributed by atoms with Gasteiger partial charge in [0.2, 0.25) is 0 Å². The predicted molar refractivity (Wildman–Crippen MR) is 108 cm³/mol. The molecule has 2 fully saturated rings. The fourth-order valence-corrected chi connectivity index (χ4v) is 3.41. The molecule has 5 nitrogen and oxygen atoms in total. The number of aliphatic imine (C=N–C) groups is 1. The molecule has 0 amide bonds. The smallest absolute Gasteiger partial charge is 0.193 e. The summed E-state index contributed by atoms with van der Waals surface area (Å²) in [6.07, 6.45) is 2.63. The maximum Gasteiger partial charge on any atom is 0.193 e. The van der Waals surface area contributed by atoms with Crippen LogP contribution in [-0.4, -0.2) is 73.8 Å². The van der Waals surface area contributed by atoms with Crippen LogP contribution in [0.2, 0.25) is 0 Å². The number of guanidine groups is 1. The molecule has 0 spiro atoms. The number of morpholine rings is 1. The lowest BCUT2D eigenvalue weighted by Gasteiger charge is -2.38. The Hall–Kier alpha value is -0.0800. The zero-order chi connectivity index (χ0) is 16.0. The monoisotopic (exact) mass is 438 g/mol. The molecular weight excluding hydrogens is 403 g/mol. The Bertz CT molecular complexity index is 376. The van der Waals surface area contributed by atoms with Gasteiger partial charge in [0.05, 0.1) is 18.8 Å². The second kappa shape index (κ2) is 10.0. The van der Waals surface area contributed by atoms with Gasteiger partial charge in [-0.3, -0.25) is 9.89 Å².